The normalized spacial score (nSPS) is 13.3. The van der Waals surface area contributed by atoms with Crippen LogP contribution in [0.25, 0.3) is 0 Å². The van der Waals surface area contributed by atoms with Crippen molar-refractivity contribution in [2.45, 2.75) is 53.5 Å². The monoisotopic (exact) mass is 268 g/mol. The van der Waals surface area contributed by atoms with Crippen LogP contribution in [0.1, 0.15) is 48.0 Å². The highest BCUT2D eigenvalue weighted by Crippen LogP contribution is 2.36. The van der Waals surface area contributed by atoms with Gasteiger partial charge in [-0.2, -0.15) is 0 Å². The maximum atomic E-state index is 11.4. The number of nitrogens with zero attached hydrogens (tertiary/aromatic N) is 1. The molecule has 0 aliphatic heterocycles. The number of hydrogen-bond donors (Lipinski definition) is 1. The Morgan fingerprint density at radius 2 is 1.74 bits per heavy atom. The lowest BCUT2D eigenvalue weighted by atomic mass is 9.69. The molecule has 0 bridgehead atoms. The summed E-state index contributed by atoms with van der Waals surface area (Å²) in [7, 11) is 3.52. The van der Waals surface area contributed by atoms with Crippen LogP contribution in [0, 0.1) is 11.3 Å². The van der Waals surface area contributed by atoms with E-state index in [1.807, 2.05) is 6.08 Å². The predicted molar refractivity (Wildman–Crippen MR) is 83.2 cm³/mol. The zero-order valence-electron chi connectivity index (χ0n) is 14.0. The van der Waals surface area contributed by atoms with Crippen molar-refractivity contribution < 1.29 is 4.79 Å². The molecule has 0 aromatic heterocycles. The van der Waals surface area contributed by atoms with E-state index >= 15 is 0 Å². The van der Waals surface area contributed by atoms with Gasteiger partial charge in [-0.05, 0) is 31.6 Å². The van der Waals surface area contributed by atoms with Gasteiger partial charge in [0.05, 0.1) is 0 Å². The van der Waals surface area contributed by atoms with Crippen molar-refractivity contribution >= 4 is 5.91 Å². The fraction of sp³-hybridized carbons (Fsp3) is 0.812. The first-order valence-corrected chi connectivity index (χ1v) is 7.12. The van der Waals surface area contributed by atoms with Gasteiger partial charge in [-0.3, -0.25) is 4.79 Å². The Labute approximate surface area is 119 Å². The van der Waals surface area contributed by atoms with Gasteiger partial charge < -0.3 is 10.2 Å². The molecular formula is C16H32N2O. The molecule has 0 unspecified atom stereocenters. The average Bonchev–Trinajstić information content (AvgIpc) is 2.21. The van der Waals surface area contributed by atoms with Crippen molar-refractivity contribution in [3.8, 4) is 0 Å². The summed E-state index contributed by atoms with van der Waals surface area (Å²) in [6.45, 7) is 14.3. The van der Waals surface area contributed by atoms with Crippen molar-refractivity contribution in [1.29, 1.82) is 0 Å². The molecule has 19 heavy (non-hydrogen) atoms. The van der Waals surface area contributed by atoms with E-state index in [2.05, 4.69) is 46.9 Å². The number of amides is 1. The summed E-state index contributed by atoms with van der Waals surface area (Å²) < 4.78 is 0. The van der Waals surface area contributed by atoms with Gasteiger partial charge in [0.25, 0.3) is 0 Å². The topological polar surface area (TPSA) is 32.3 Å². The molecule has 0 aromatic carbocycles. The molecule has 1 N–H and O–H groups in total. The lowest BCUT2D eigenvalue weighted by molar-refractivity contribution is -0.123. The molecule has 0 heterocycles. The number of hydrogen-bond acceptors (Lipinski definition) is 2. The molecule has 3 heteroatoms. The Morgan fingerprint density at radius 1 is 1.21 bits per heavy atom. The Bertz CT molecular complexity index is 315. The lowest BCUT2D eigenvalue weighted by Crippen LogP contribution is -2.51. The summed E-state index contributed by atoms with van der Waals surface area (Å²) in [5.74, 6) is 0.711. The van der Waals surface area contributed by atoms with E-state index in [-0.39, 0.29) is 16.9 Å². The zero-order valence-corrected chi connectivity index (χ0v) is 14.0. The van der Waals surface area contributed by atoms with Crippen LogP contribution in [0.15, 0.2) is 12.2 Å². The second-order valence-corrected chi connectivity index (χ2v) is 7.12. The van der Waals surface area contributed by atoms with Crippen molar-refractivity contribution in [2.75, 3.05) is 20.6 Å². The summed E-state index contributed by atoms with van der Waals surface area (Å²) in [4.78, 5) is 13.0. The lowest BCUT2D eigenvalue weighted by Gasteiger charge is -2.43. The summed E-state index contributed by atoms with van der Waals surface area (Å²) in [5, 5.41) is 3.54. The van der Waals surface area contributed by atoms with E-state index in [9.17, 15) is 4.79 Å². The minimum atomic E-state index is 0.0287. The van der Waals surface area contributed by atoms with Gasteiger partial charge in [0, 0.05) is 32.3 Å². The molecule has 0 saturated carbocycles. The third-order valence-electron chi connectivity index (χ3n) is 3.97. The minimum Gasteiger partial charge on any atom is -0.345 e. The summed E-state index contributed by atoms with van der Waals surface area (Å²) in [6, 6.07) is 0. The molecule has 0 fully saturated rings. The number of carbonyl (C=O) groups is 1. The molecule has 0 aliphatic carbocycles. The van der Waals surface area contributed by atoms with Crippen LogP contribution in [0.2, 0.25) is 0 Å². The fourth-order valence-corrected chi connectivity index (χ4v) is 2.14. The molecule has 0 atom stereocenters. The van der Waals surface area contributed by atoms with Gasteiger partial charge in [0.1, 0.15) is 0 Å². The van der Waals surface area contributed by atoms with Crippen molar-refractivity contribution in [3.63, 3.8) is 0 Å². The molecule has 3 nitrogen and oxygen atoms in total. The molecule has 0 saturated heterocycles. The maximum absolute atomic E-state index is 11.4. The number of likely N-dealkylation sites (N-methyl/N-ethyl adjacent to an activating group) is 1. The van der Waals surface area contributed by atoms with Gasteiger partial charge in [0.15, 0.2) is 0 Å². The first kappa shape index (κ1) is 18.2. The fourth-order valence-electron chi connectivity index (χ4n) is 2.14. The molecule has 112 valence electrons. The van der Waals surface area contributed by atoms with E-state index in [4.69, 9.17) is 0 Å². The Morgan fingerprint density at radius 3 is 2.16 bits per heavy atom. The maximum Gasteiger partial charge on any atom is 0.245 e. The predicted octanol–water partition coefficient (Wildman–Crippen LogP) is 3.07. The van der Waals surface area contributed by atoms with E-state index in [0.717, 1.165) is 0 Å². The third-order valence-corrected chi connectivity index (χ3v) is 3.97. The highest BCUT2D eigenvalue weighted by Gasteiger charge is 2.36. The summed E-state index contributed by atoms with van der Waals surface area (Å²) in [6.07, 6.45) is 4.70. The first-order chi connectivity index (χ1) is 8.49. The smallest absolute Gasteiger partial charge is 0.245 e. The SMILES string of the molecule is CC(C)CC(C)(C)C(C)(C)NC/C=C/C(=O)N(C)C. The van der Waals surface area contributed by atoms with Crippen LogP contribution >= 0.6 is 0 Å². The van der Waals surface area contributed by atoms with E-state index in [0.29, 0.717) is 12.5 Å². The largest absolute Gasteiger partial charge is 0.345 e. The Kier molecular flexibility index (Phi) is 6.78. The average molecular weight is 268 g/mol. The minimum absolute atomic E-state index is 0.0287. The molecular weight excluding hydrogens is 236 g/mol. The molecule has 1 amide bonds. The van der Waals surface area contributed by atoms with Gasteiger partial charge in [0.2, 0.25) is 5.91 Å². The molecule has 0 radical (unpaired) electrons. The molecule has 0 aromatic rings. The summed E-state index contributed by atoms with van der Waals surface area (Å²) >= 11 is 0. The third kappa shape index (κ3) is 6.24. The highest BCUT2D eigenvalue weighted by molar-refractivity contribution is 5.87. The Balaban J connectivity index is 4.42. The molecule has 0 spiro atoms. The van der Waals surface area contributed by atoms with Crippen LogP contribution in [0.5, 0.6) is 0 Å². The van der Waals surface area contributed by atoms with Crippen molar-refractivity contribution in [2.24, 2.45) is 11.3 Å². The number of rotatable bonds is 7. The second kappa shape index (κ2) is 7.09. The van der Waals surface area contributed by atoms with Gasteiger partial charge in [-0.15, -0.1) is 0 Å². The van der Waals surface area contributed by atoms with Crippen molar-refractivity contribution in [1.82, 2.24) is 10.2 Å². The van der Waals surface area contributed by atoms with Crippen LogP contribution < -0.4 is 5.32 Å². The highest BCUT2D eigenvalue weighted by atomic mass is 16.2. The summed E-state index contributed by atoms with van der Waals surface area (Å²) in [5.41, 5.74) is 0.239. The van der Waals surface area contributed by atoms with Gasteiger partial charge >= 0.3 is 0 Å². The number of nitrogens with one attached hydrogen (secondary N) is 1. The van der Waals surface area contributed by atoms with Gasteiger partial charge in [-0.1, -0.05) is 33.8 Å². The van der Waals surface area contributed by atoms with E-state index in [1.165, 1.54) is 6.42 Å². The van der Waals surface area contributed by atoms with Crippen LogP contribution in [-0.2, 0) is 4.79 Å². The second-order valence-electron chi connectivity index (χ2n) is 7.12. The molecule has 0 aliphatic rings. The van der Waals surface area contributed by atoms with Gasteiger partial charge in [-0.25, -0.2) is 0 Å². The van der Waals surface area contributed by atoms with Crippen LogP contribution in [-0.4, -0.2) is 37.0 Å². The van der Waals surface area contributed by atoms with Crippen molar-refractivity contribution in [3.05, 3.63) is 12.2 Å². The molecule has 0 rings (SSSR count). The standard InChI is InChI=1S/C16H32N2O/c1-13(2)12-15(3,4)16(5,6)17-11-9-10-14(19)18(7)8/h9-10,13,17H,11-12H2,1-8H3/b10-9+. The van der Waals surface area contributed by atoms with E-state index < -0.39 is 0 Å². The quantitative estimate of drug-likeness (QED) is 0.720. The van der Waals surface area contributed by atoms with Crippen LogP contribution in [0.4, 0.5) is 0 Å². The van der Waals surface area contributed by atoms with Crippen LogP contribution in [0.3, 0.4) is 0 Å². The zero-order chi connectivity index (χ0) is 15.3. The first-order valence-electron chi connectivity index (χ1n) is 7.12. The Hall–Kier alpha value is -0.830. The number of carbonyl (C=O) groups excluding carboxylic acids is 1. The van der Waals surface area contributed by atoms with E-state index in [1.54, 1.807) is 25.1 Å².